The van der Waals surface area contributed by atoms with Crippen molar-refractivity contribution in [3.63, 3.8) is 0 Å². The molecule has 0 aliphatic carbocycles. The molecule has 1 unspecified atom stereocenters. The van der Waals surface area contributed by atoms with Gasteiger partial charge in [-0.25, -0.2) is 0 Å². The van der Waals surface area contributed by atoms with Gasteiger partial charge in [-0.15, -0.1) is 0 Å². The first-order valence-corrected chi connectivity index (χ1v) is 2.39. The predicted octanol–water partition coefficient (Wildman–Crippen LogP) is -10.3. The summed E-state index contributed by atoms with van der Waals surface area (Å²) in [5.41, 5.74) is 0. The summed E-state index contributed by atoms with van der Waals surface area (Å²) in [6.07, 6.45) is -1.77. The summed E-state index contributed by atoms with van der Waals surface area (Å²) in [4.78, 5) is 9.95. The molecule has 0 amide bonds. The van der Waals surface area contributed by atoms with Gasteiger partial charge in [0.15, 0.2) is 0 Å². The summed E-state index contributed by atoms with van der Waals surface area (Å²) in [5.74, 6) is -1.12. The number of aliphatic hydroxyl groups is 2. The molecule has 0 aliphatic heterocycles. The van der Waals surface area contributed by atoms with E-state index in [1.807, 2.05) is 5.32 Å². The van der Waals surface area contributed by atoms with Gasteiger partial charge in [-0.3, -0.25) is 10.1 Å². The summed E-state index contributed by atoms with van der Waals surface area (Å²) in [6, 6.07) is -0.940. The van der Waals surface area contributed by atoms with Crippen LogP contribution in [0.5, 0.6) is 0 Å². The van der Waals surface area contributed by atoms with Crippen LogP contribution in [0.4, 0.5) is 0 Å². The van der Waals surface area contributed by atoms with Crippen LogP contribution in [-0.2, 0) is 4.79 Å². The number of aliphatic hydroxyl groups excluding tert-OH is 1. The van der Waals surface area contributed by atoms with Crippen molar-refractivity contribution in [3.05, 3.63) is 0 Å². The van der Waals surface area contributed by atoms with Crippen molar-refractivity contribution >= 4 is 5.97 Å². The normalized spacial score (nSPS) is 10.3. The van der Waals surface area contributed by atoms with E-state index in [0.717, 1.165) is 0 Å². The van der Waals surface area contributed by atoms with Gasteiger partial charge in [-0.2, -0.15) is 0 Å². The van der Waals surface area contributed by atoms with E-state index in [1.54, 1.807) is 0 Å². The third kappa shape index (κ3) is 14.9. The van der Waals surface area contributed by atoms with E-state index >= 15 is 0 Å². The van der Waals surface area contributed by atoms with Gasteiger partial charge in [0.05, 0.1) is 0 Å². The second kappa shape index (κ2) is 13.4. The minimum atomic E-state index is -1.77. The van der Waals surface area contributed by atoms with E-state index < -0.39 is 18.4 Å². The summed E-state index contributed by atoms with van der Waals surface area (Å²) < 4.78 is 0. The van der Waals surface area contributed by atoms with Crippen molar-refractivity contribution in [1.82, 2.24) is 5.32 Å². The van der Waals surface area contributed by atoms with E-state index in [4.69, 9.17) is 15.3 Å². The Kier molecular flexibility index (Phi) is 26.6. The van der Waals surface area contributed by atoms with Gasteiger partial charge < -0.3 is 19.6 Å². The monoisotopic (exact) mass is 207 g/mol. The molecule has 0 aliphatic rings. The number of hydrogen-bond donors (Lipinski definition) is 4. The second-order valence-electron chi connectivity index (χ2n) is 1.60. The quantitative estimate of drug-likeness (QED) is 0.272. The summed E-state index contributed by atoms with van der Waals surface area (Å²) in [6.45, 7) is 1.31. The van der Waals surface area contributed by atoms with Crippen molar-refractivity contribution in [3.8, 4) is 0 Å². The van der Waals surface area contributed by atoms with Gasteiger partial charge in [0.1, 0.15) is 6.04 Å². The molecule has 0 aromatic carbocycles. The zero-order valence-corrected chi connectivity index (χ0v) is 13.9. The average Bonchev–Trinajstić information content (AvgIpc) is 1.63. The molecule has 8 heteroatoms. The molecule has 0 rings (SSSR count). The summed E-state index contributed by atoms with van der Waals surface area (Å²) >= 11 is 0. The fraction of sp³-hybridized carbons (Fsp3) is 0.750. The van der Waals surface area contributed by atoms with Crippen molar-refractivity contribution in [2.75, 3.05) is 0 Å². The smallest absolute Gasteiger partial charge is 1.00 e. The maximum absolute atomic E-state index is 9.95. The molecule has 0 saturated carbocycles. The van der Waals surface area contributed by atoms with Gasteiger partial charge in [0.2, 0.25) is 6.41 Å². The Morgan fingerprint density at radius 2 is 1.67 bits per heavy atom. The van der Waals surface area contributed by atoms with E-state index in [-0.39, 0.29) is 93.0 Å². The Morgan fingerprint density at radius 3 is 1.75 bits per heavy atom. The first-order valence-electron chi connectivity index (χ1n) is 2.39. The van der Waals surface area contributed by atoms with Crippen LogP contribution in [0.25, 0.3) is 0 Å². The number of carboxylic acids is 1. The molecule has 12 heavy (non-hydrogen) atoms. The van der Waals surface area contributed by atoms with Crippen molar-refractivity contribution in [2.24, 2.45) is 0 Å². The number of rotatable bonds is 3. The predicted molar refractivity (Wildman–Crippen MR) is 31.8 cm³/mol. The first kappa shape index (κ1) is 23.9. The molecule has 0 radical (unpaired) electrons. The van der Waals surface area contributed by atoms with Gasteiger partial charge in [-0.05, 0) is 6.92 Å². The molecule has 1 atom stereocenters. The minimum Gasteiger partial charge on any atom is -1.00 e. The molecular formula is C4H12NNa3O4. The van der Waals surface area contributed by atoms with E-state index in [2.05, 4.69) is 0 Å². The Balaban J connectivity index is -0.0000000213. The number of carbonyl (C=O) groups is 1. The molecule has 0 saturated heterocycles. The minimum absolute atomic E-state index is 0. The van der Waals surface area contributed by atoms with Crippen LogP contribution in [0.15, 0.2) is 0 Å². The molecule has 0 aromatic rings. The largest absolute Gasteiger partial charge is 1.00 e. The van der Waals surface area contributed by atoms with Crippen LogP contribution in [-0.4, -0.2) is 33.7 Å². The maximum atomic E-state index is 9.95. The van der Waals surface area contributed by atoms with Crippen LogP contribution < -0.4 is 94.0 Å². The summed E-state index contributed by atoms with van der Waals surface area (Å²) in [7, 11) is 0. The molecule has 4 N–H and O–H groups in total. The van der Waals surface area contributed by atoms with Gasteiger partial charge in [0, 0.05) is 0 Å². The third-order valence-corrected chi connectivity index (χ3v) is 0.769. The van der Waals surface area contributed by atoms with Gasteiger partial charge in [0.25, 0.3) is 0 Å². The molecule has 0 bridgehead atoms. The van der Waals surface area contributed by atoms with E-state index in [1.165, 1.54) is 6.92 Å². The molecule has 5 nitrogen and oxygen atoms in total. The SMILES string of the molecule is CC(NC(O)O)C(=O)O.[H-].[H-].[H-].[Na+].[Na+].[Na+]. The number of hydrogen-bond acceptors (Lipinski definition) is 4. The fourth-order valence-corrected chi connectivity index (χ4v) is 0.295. The first-order chi connectivity index (χ1) is 4.04. The van der Waals surface area contributed by atoms with E-state index in [0.29, 0.717) is 0 Å². The Hall–Kier alpha value is 2.35. The maximum Gasteiger partial charge on any atom is 1.00 e. The molecule has 0 fully saturated rings. The third-order valence-electron chi connectivity index (χ3n) is 0.769. The summed E-state index contributed by atoms with van der Waals surface area (Å²) in [5, 5.41) is 26.4. The standard InChI is InChI=1S/C4H9NO4.3Na.3H/c1-2(3(6)7)5-4(8)9;;;;;;/h2,4-5,8-9H,1H3,(H,6,7);;;;;;/q;3*+1;3*-1. The van der Waals surface area contributed by atoms with Crippen LogP contribution in [0.1, 0.15) is 11.2 Å². The average molecular weight is 207 g/mol. The zero-order chi connectivity index (χ0) is 7.44. The Morgan fingerprint density at radius 1 is 1.33 bits per heavy atom. The van der Waals surface area contributed by atoms with Crippen LogP contribution in [0.3, 0.4) is 0 Å². The Bertz CT molecular complexity index is 123. The molecule has 0 heterocycles. The van der Waals surface area contributed by atoms with E-state index in [9.17, 15) is 4.79 Å². The fourth-order valence-electron chi connectivity index (χ4n) is 0.295. The Labute approximate surface area is 142 Å². The zero-order valence-electron chi connectivity index (χ0n) is 10.9. The van der Waals surface area contributed by atoms with Crippen molar-refractivity contribution in [1.29, 1.82) is 0 Å². The van der Waals surface area contributed by atoms with Gasteiger partial charge in [-0.1, -0.05) is 0 Å². The van der Waals surface area contributed by atoms with Crippen LogP contribution in [0.2, 0.25) is 0 Å². The topological polar surface area (TPSA) is 89.8 Å². The van der Waals surface area contributed by atoms with Crippen molar-refractivity contribution in [2.45, 2.75) is 19.4 Å². The number of aliphatic carboxylic acids is 1. The second-order valence-corrected chi connectivity index (χ2v) is 1.60. The van der Waals surface area contributed by atoms with Crippen LogP contribution in [0, 0.1) is 0 Å². The molecule has 0 aromatic heterocycles. The molecule has 0 spiro atoms. The van der Waals surface area contributed by atoms with Gasteiger partial charge >= 0.3 is 94.6 Å². The molecular weight excluding hydrogens is 195 g/mol. The van der Waals surface area contributed by atoms with Crippen LogP contribution >= 0.6 is 0 Å². The van der Waals surface area contributed by atoms with Crippen molar-refractivity contribution < 1.29 is 113 Å². The number of carboxylic acid groups (broad SMARTS) is 1. The number of nitrogens with one attached hydrogen (secondary N) is 1. The molecule has 60 valence electrons.